The highest BCUT2D eigenvalue weighted by molar-refractivity contribution is 5.75. The molecule has 0 fully saturated rings. The molecule has 0 spiro atoms. The lowest BCUT2D eigenvalue weighted by molar-refractivity contribution is 0.253. The first-order valence-corrected chi connectivity index (χ1v) is 6.92. The number of rotatable bonds is 3. The molecule has 0 heterocycles. The van der Waals surface area contributed by atoms with Crippen molar-refractivity contribution in [1.29, 1.82) is 0 Å². The van der Waals surface area contributed by atoms with E-state index in [2.05, 4.69) is 48.8 Å². The second-order valence-corrected chi connectivity index (χ2v) is 5.16. The SMILES string of the molecule is C=CCC1(C#CC(C)O)C=CC(c2ccccc2)=CC1. The molecule has 1 aromatic rings. The minimum Gasteiger partial charge on any atom is -0.381 e. The van der Waals surface area contributed by atoms with E-state index < -0.39 is 6.10 Å². The van der Waals surface area contributed by atoms with Crippen LogP contribution in [0, 0.1) is 17.3 Å². The average Bonchev–Trinajstić information content (AvgIpc) is 2.47. The fraction of sp³-hybridized carbons (Fsp3) is 0.263. The van der Waals surface area contributed by atoms with Gasteiger partial charge in [0.15, 0.2) is 0 Å². The molecule has 1 aromatic carbocycles. The summed E-state index contributed by atoms with van der Waals surface area (Å²) in [6.45, 7) is 5.51. The Morgan fingerprint density at radius 3 is 2.70 bits per heavy atom. The molecule has 0 aliphatic heterocycles. The zero-order valence-electron chi connectivity index (χ0n) is 11.8. The van der Waals surface area contributed by atoms with Crippen molar-refractivity contribution in [2.45, 2.75) is 25.9 Å². The Kier molecular flexibility index (Phi) is 4.61. The number of hydrogen-bond donors (Lipinski definition) is 1. The number of allylic oxidation sites excluding steroid dienone is 5. The lowest BCUT2D eigenvalue weighted by atomic mass is 9.77. The average molecular weight is 264 g/mol. The largest absolute Gasteiger partial charge is 0.381 e. The Balaban J connectivity index is 2.23. The summed E-state index contributed by atoms with van der Waals surface area (Å²) in [4.78, 5) is 0. The molecule has 0 bridgehead atoms. The molecule has 2 rings (SSSR count). The van der Waals surface area contributed by atoms with Crippen LogP contribution in [0.15, 0.2) is 61.2 Å². The van der Waals surface area contributed by atoms with Crippen molar-refractivity contribution in [1.82, 2.24) is 0 Å². The van der Waals surface area contributed by atoms with Gasteiger partial charge in [0.25, 0.3) is 0 Å². The van der Waals surface area contributed by atoms with Crippen molar-refractivity contribution in [3.05, 3.63) is 66.8 Å². The highest BCUT2D eigenvalue weighted by Gasteiger charge is 2.25. The maximum Gasteiger partial charge on any atom is 0.112 e. The van der Waals surface area contributed by atoms with Gasteiger partial charge < -0.3 is 5.11 Å². The maximum absolute atomic E-state index is 9.36. The van der Waals surface area contributed by atoms with Gasteiger partial charge >= 0.3 is 0 Å². The minimum absolute atomic E-state index is 0.225. The molecule has 1 aliphatic rings. The van der Waals surface area contributed by atoms with Gasteiger partial charge in [0.2, 0.25) is 0 Å². The quantitative estimate of drug-likeness (QED) is 0.647. The molecule has 0 amide bonds. The summed E-state index contributed by atoms with van der Waals surface area (Å²) in [5.74, 6) is 6.08. The third-order valence-corrected chi connectivity index (χ3v) is 3.41. The van der Waals surface area contributed by atoms with Crippen LogP contribution in [0.25, 0.3) is 5.57 Å². The highest BCUT2D eigenvalue weighted by atomic mass is 16.3. The molecule has 102 valence electrons. The molecule has 20 heavy (non-hydrogen) atoms. The Morgan fingerprint density at radius 2 is 2.15 bits per heavy atom. The zero-order chi connectivity index (χ0) is 14.4. The van der Waals surface area contributed by atoms with Gasteiger partial charge in [-0.25, -0.2) is 0 Å². The van der Waals surface area contributed by atoms with Crippen LogP contribution in [0.1, 0.15) is 25.3 Å². The molecular formula is C19H20O. The summed E-state index contributed by atoms with van der Waals surface area (Å²) in [7, 11) is 0. The third-order valence-electron chi connectivity index (χ3n) is 3.41. The van der Waals surface area contributed by atoms with Gasteiger partial charge in [-0.15, -0.1) is 6.58 Å². The molecule has 0 saturated heterocycles. The number of aliphatic hydroxyl groups excluding tert-OH is 1. The summed E-state index contributed by atoms with van der Waals surface area (Å²) in [6, 6.07) is 10.3. The predicted octanol–water partition coefficient (Wildman–Crippen LogP) is 3.98. The van der Waals surface area contributed by atoms with Gasteiger partial charge in [-0.05, 0) is 30.9 Å². The molecule has 1 aliphatic carbocycles. The third kappa shape index (κ3) is 3.50. The van der Waals surface area contributed by atoms with E-state index in [0.717, 1.165) is 12.8 Å². The van der Waals surface area contributed by atoms with E-state index in [0.29, 0.717) is 0 Å². The highest BCUT2D eigenvalue weighted by Crippen LogP contribution is 2.35. The number of aliphatic hydroxyl groups is 1. The van der Waals surface area contributed by atoms with Crippen LogP contribution in [0.2, 0.25) is 0 Å². The van der Waals surface area contributed by atoms with Gasteiger partial charge in [-0.1, -0.05) is 66.5 Å². The number of benzene rings is 1. The first-order valence-electron chi connectivity index (χ1n) is 6.92. The zero-order valence-corrected chi connectivity index (χ0v) is 11.8. The monoisotopic (exact) mass is 264 g/mol. The van der Waals surface area contributed by atoms with Crippen molar-refractivity contribution in [3.63, 3.8) is 0 Å². The first kappa shape index (κ1) is 14.4. The van der Waals surface area contributed by atoms with E-state index in [4.69, 9.17) is 0 Å². The Labute approximate surface area is 121 Å². The molecule has 0 radical (unpaired) electrons. The van der Waals surface area contributed by atoms with Crippen LogP contribution in [0.5, 0.6) is 0 Å². The first-order chi connectivity index (χ1) is 9.65. The minimum atomic E-state index is -0.593. The summed E-state index contributed by atoms with van der Waals surface area (Å²) >= 11 is 0. The van der Waals surface area contributed by atoms with E-state index in [1.165, 1.54) is 11.1 Å². The molecule has 2 atom stereocenters. The van der Waals surface area contributed by atoms with E-state index in [-0.39, 0.29) is 5.41 Å². The molecule has 1 heteroatoms. The van der Waals surface area contributed by atoms with E-state index in [1.807, 2.05) is 24.3 Å². The van der Waals surface area contributed by atoms with Gasteiger partial charge in [-0.3, -0.25) is 0 Å². The summed E-state index contributed by atoms with van der Waals surface area (Å²) in [5.41, 5.74) is 2.22. The standard InChI is InChI=1S/C19H20O/c1-3-12-19(13-9-16(2)20)14-10-18(11-15-19)17-7-5-4-6-8-17/h3-8,10-11,14,16,20H,1,12,15H2,2H3. The summed E-state index contributed by atoms with van der Waals surface area (Å²) in [5, 5.41) is 9.36. The van der Waals surface area contributed by atoms with Gasteiger partial charge in [0.05, 0.1) is 5.41 Å². The van der Waals surface area contributed by atoms with E-state index in [9.17, 15) is 5.11 Å². The van der Waals surface area contributed by atoms with Crippen LogP contribution in [-0.4, -0.2) is 11.2 Å². The second-order valence-electron chi connectivity index (χ2n) is 5.16. The van der Waals surface area contributed by atoms with Gasteiger partial charge in [0, 0.05) is 0 Å². The summed E-state index contributed by atoms with van der Waals surface area (Å²) < 4.78 is 0. The van der Waals surface area contributed by atoms with Crippen LogP contribution in [0.3, 0.4) is 0 Å². The predicted molar refractivity (Wildman–Crippen MR) is 84.9 cm³/mol. The maximum atomic E-state index is 9.36. The summed E-state index contributed by atoms with van der Waals surface area (Å²) in [6.07, 6.45) is 9.43. The van der Waals surface area contributed by atoms with Crippen LogP contribution in [-0.2, 0) is 0 Å². The molecular weight excluding hydrogens is 244 g/mol. The Hall–Kier alpha value is -2.04. The van der Waals surface area contributed by atoms with Crippen molar-refractivity contribution in [3.8, 4) is 11.8 Å². The van der Waals surface area contributed by atoms with Crippen LogP contribution < -0.4 is 0 Å². The fourth-order valence-corrected chi connectivity index (χ4v) is 2.32. The van der Waals surface area contributed by atoms with E-state index in [1.54, 1.807) is 6.92 Å². The Bertz CT molecular complexity index is 581. The van der Waals surface area contributed by atoms with E-state index >= 15 is 0 Å². The van der Waals surface area contributed by atoms with Crippen LogP contribution >= 0.6 is 0 Å². The topological polar surface area (TPSA) is 20.2 Å². The molecule has 2 unspecified atom stereocenters. The molecule has 0 saturated carbocycles. The molecule has 1 nitrogen and oxygen atoms in total. The Morgan fingerprint density at radius 1 is 1.40 bits per heavy atom. The van der Waals surface area contributed by atoms with Crippen molar-refractivity contribution >= 4 is 5.57 Å². The molecule has 0 aromatic heterocycles. The van der Waals surface area contributed by atoms with Gasteiger partial charge in [0.1, 0.15) is 6.10 Å². The fourth-order valence-electron chi connectivity index (χ4n) is 2.32. The van der Waals surface area contributed by atoms with Crippen molar-refractivity contribution in [2.24, 2.45) is 5.41 Å². The number of hydrogen-bond acceptors (Lipinski definition) is 1. The lowest BCUT2D eigenvalue weighted by Crippen LogP contribution is -2.17. The second kappa shape index (κ2) is 6.41. The van der Waals surface area contributed by atoms with Crippen molar-refractivity contribution in [2.75, 3.05) is 0 Å². The normalized spacial score (nSPS) is 22.4. The van der Waals surface area contributed by atoms with Crippen molar-refractivity contribution < 1.29 is 5.11 Å². The smallest absolute Gasteiger partial charge is 0.112 e. The molecule has 1 N–H and O–H groups in total. The van der Waals surface area contributed by atoms with Gasteiger partial charge in [-0.2, -0.15) is 0 Å². The lowest BCUT2D eigenvalue weighted by Gasteiger charge is -2.26. The van der Waals surface area contributed by atoms with Crippen LogP contribution in [0.4, 0.5) is 0 Å².